The minimum atomic E-state index is -1.40. The molecule has 0 aromatic rings. The maximum absolute atomic E-state index is 5.18. The number of rotatable bonds is 6. The summed E-state index contributed by atoms with van der Waals surface area (Å²) >= 11 is 0. The summed E-state index contributed by atoms with van der Waals surface area (Å²) in [5.74, 6) is 0. The molecule has 5 heteroatoms. The second kappa shape index (κ2) is 19.4. The van der Waals surface area contributed by atoms with Crippen LogP contribution in [0.4, 0.5) is 0 Å². The van der Waals surface area contributed by atoms with Crippen LogP contribution in [0.5, 0.6) is 0 Å². The second-order valence-electron chi connectivity index (χ2n) is 2.05. The standard InChI is InChI=1S/C6H15O3Si.C3H7.Ti/c1-4-7-10(8-5-2)9-6-3;1-3-2;/h4-6H2,1-3H3;1,3H2,2H3;/q;-1;. The molecule has 0 aliphatic heterocycles. The Bertz CT molecular complexity index is 72.2. The molecule has 0 saturated carbocycles. The van der Waals surface area contributed by atoms with E-state index in [1.807, 2.05) is 27.7 Å². The molecule has 0 aromatic carbocycles. The van der Waals surface area contributed by atoms with Crippen LogP contribution < -0.4 is 0 Å². The Morgan fingerprint density at radius 3 is 1.21 bits per heavy atom. The molecule has 0 rings (SSSR count). The van der Waals surface area contributed by atoms with Crippen molar-refractivity contribution in [3.05, 3.63) is 6.92 Å². The third kappa shape index (κ3) is 18.6. The molecule has 1 radical (unpaired) electrons. The topological polar surface area (TPSA) is 27.7 Å². The van der Waals surface area contributed by atoms with Crippen molar-refractivity contribution in [2.45, 2.75) is 34.1 Å². The summed E-state index contributed by atoms with van der Waals surface area (Å²) in [4.78, 5) is 0. The molecule has 14 heavy (non-hydrogen) atoms. The molecule has 0 heterocycles. The molecule has 3 nitrogen and oxygen atoms in total. The third-order valence-corrected chi connectivity index (χ3v) is 2.36. The minimum Gasteiger partial charge on any atom is -0.371 e. The van der Waals surface area contributed by atoms with E-state index in [1.165, 1.54) is 0 Å². The molecule has 0 amide bonds. The van der Waals surface area contributed by atoms with Crippen LogP contribution in [0.15, 0.2) is 0 Å². The molecule has 85 valence electrons. The van der Waals surface area contributed by atoms with Gasteiger partial charge in [0.25, 0.3) is 0 Å². The van der Waals surface area contributed by atoms with E-state index in [0.29, 0.717) is 19.8 Å². The summed E-state index contributed by atoms with van der Waals surface area (Å²) in [5.41, 5.74) is 0. The van der Waals surface area contributed by atoms with Crippen LogP contribution in [0.3, 0.4) is 0 Å². The van der Waals surface area contributed by atoms with E-state index in [-0.39, 0.29) is 21.7 Å². The van der Waals surface area contributed by atoms with Crippen LogP contribution in [-0.4, -0.2) is 29.3 Å². The van der Waals surface area contributed by atoms with Crippen molar-refractivity contribution >= 4 is 9.53 Å². The largest absolute Gasteiger partial charge is 0.577 e. The fourth-order valence-corrected chi connectivity index (χ4v) is 1.44. The number of hydrogen-bond donors (Lipinski definition) is 0. The van der Waals surface area contributed by atoms with Crippen molar-refractivity contribution < 1.29 is 35.0 Å². The van der Waals surface area contributed by atoms with Crippen LogP contribution in [0, 0.1) is 6.92 Å². The van der Waals surface area contributed by atoms with Gasteiger partial charge in [0.2, 0.25) is 0 Å². The van der Waals surface area contributed by atoms with Gasteiger partial charge in [0.05, 0.1) is 0 Å². The predicted octanol–water partition coefficient (Wildman–Crippen LogP) is 2.31. The van der Waals surface area contributed by atoms with E-state index < -0.39 is 9.53 Å². The van der Waals surface area contributed by atoms with Gasteiger partial charge in [-0.15, -0.1) is 0 Å². The van der Waals surface area contributed by atoms with Gasteiger partial charge in [0.15, 0.2) is 0 Å². The van der Waals surface area contributed by atoms with E-state index in [1.54, 1.807) is 0 Å². The summed E-state index contributed by atoms with van der Waals surface area (Å²) in [6, 6.07) is 0. The maximum atomic E-state index is 5.18. The van der Waals surface area contributed by atoms with Crippen LogP contribution >= 0.6 is 0 Å². The average Bonchev–Trinajstić information content (AvgIpc) is 2.07. The van der Waals surface area contributed by atoms with Crippen LogP contribution in [0.2, 0.25) is 0 Å². The van der Waals surface area contributed by atoms with Crippen molar-refractivity contribution in [2.24, 2.45) is 0 Å². The van der Waals surface area contributed by atoms with Gasteiger partial charge in [-0.25, -0.2) is 0 Å². The molecule has 0 aromatic heterocycles. The summed E-state index contributed by atoms with van der Waals surface area (Å²) in [6.07, 6.45) is 1.00. The number of hydrogen-bond acceptors (Lipinski definition) is 3. The van der Waals surface area contributed by atoms with Gasteiger partial charge in [0, 0.05) is 41.5 Å². The zero-order chi connectivity index (χ0) is 10.5. The van der Waals surface area contributed by atoms with E-state index in [9.17, 15) is 0 Å². The minimum absolute atomic E-state index is 0. The fraction of sp³-hybridized carbons (Fsp3) is 0.889. The van der Waals surface area contributed by atoms with Crippen LogP contribution in [0.1, 0.15) is 34.1 Å². The van der Waals surface area contributed by atoms with Crippen molar-refractivity contribution in [1.82, 2.24) is 0 Å². The second-order valence-corrected chi connectivity index (χ2v) is 3.42. The zero-order valence-electron chi connectivity index (χ0n) is 9.76. The van der Waals surface area contributed by atoms with Gasteiger partial charge in [-0.05, 0) is 20.8 Å². The average molecular weight is 254 g/mol. The molecule has 0 fully saturated rings. The molecule has 0 aliphatic rings. The van der Waals surface area contributed by atoms with E-state index in [2.05, 4.69) is 6.92 Å². The van der Waals surface area contributed by atoms with Gasteiger partial charge in [-0.1, -0.05) is 6.92 Å². The summed E-state index contributed by atoms with van der Waals surface area (Å²) < 4.78 is 15.5. The predicted molar refractivity (Wildman–Crippen MR) is 56.3 cm³/mol. The Balaban J connectivity index is -0.000000267. The molecule has 0 spiro atoms. The summed E-state index contributed by atoms with van der Waals surface area (Å²) in [7, 11) is -1.40. The summed E-state index contributed by atoms with van der Waals surface area (Å²) in [5, 5.41) is 0. The Kier molecular flexibility index (Phi) is 28.1. The van der Waals surface area contributed by atoms with E-state index >= 15 is 0 Å². The monoisotopic (exact) mass is 254 g/mol. The first-order chi connectivity index (χ1) is 6.26. The normalized spacial score (nSPS) is 9.00. The first-order valence-corrected chi connectivity index (χ1v) is 6.03. The van der Waals surface area contributed by atoms with Gasteiger partial charge in [-0.2, -0.15) is 6.42 Å². The molecular formula is C9H22O3SiTi-. The first kappa shape index (κ1) is 20.3. The van der Waals surface area contributed by atoms with Gasteiger partial charge >= 0.3 is 9.53 Å². The van der Waals surface area contributed by atoms with Crippen molar-refractivity contribution in [1.29, 1.82) is 0 Å². The molecule has 0 bridgehead atoms. The first-order valence-electron chi connectivity index (χ1n) is 4.81. The van der Waals surface area contributed by atoms with Crippen molar-refractivity contribution in [3.8, 4) is 0 Å². The zero-order valence-corrected chi connectivity index (χ0v) is 12.3. The smallest absolute Gasteiger partial charge is 0.371 e. The Morgan fingerprint density at radius 1 is 0.857 bits per heavy atom. The molecule has 0 aliphatic carbocycles. The van der Waals surface area contributed by atoms with Gasteiger partial charge in [0.1, 0.15) is 0 Å². The maximum Gasteiger partial charge on any atom is 0.577 e. The Hall–Kier alpha value is 0.811. The fourth-order valence-electron chi connectivity index (χ4n) is 0.479. The molecular weight excluding hydrogens is 232 g/mol. The van der Waals surface area contributed by atoms with E-state index in [4.69, 9.17) is 13.3 Å². The van der Waals surface area contributed by atoms with Crippen LogP contribution in [-0.2, 0) is 35.0 Å². The summed E-state index contributed by atoms with van der Waals surface area (Å²) in [6.45, 7) is 13.3. The Morgan fingerprint density at radius 2 is 1.07 bits per heavy atom. The van der Waals surface area contributed by atoms with Crippen molar-refractivity contribution in [3.63, 3.8) is 0 Å². The van der Waals surface area contributed by atoms with Gasteiger partial charge < -0.3 is 20.2 Å². The molecule has 0 unspecified atom stereocenters. The van der Waals surface area contributed by atoms with Crippen LogP contribution in [0.25, 0.3) is 0 Å². The Labute approximate surface area is 105 Å². The van der Waals surface area contributed by atoms with Gasteiger partial charge in [-0.3, -0.25) is 0 Å². The van der Waals surface area contributed by atoms with Crippen molar-refractivity contribution in [2.75, 3.05) is 19.8 Å². The SMILES string of the molecule is CCO[Si](OCC)OCC.[CH2-]CC.[Ti]. The quantitative estimate of drug-likeness (QED) is 0.537. The molecule has 0 saturated heterocycles. The molecule has 0 N–H and O–H groups in total. The third-order valence-electron chi connectivity index (χ3n) is 0.787. The molecule has 0 atom stereocenters. The van der Waals surface area contributed by atoms with E-state index in [0.717, 1.165) is 6.42 Å².